The predicted octanol–water partition coefficient (Wildman–Crippen LogP) is 23.7. The van der Waals surface area contributed by atoms with Crippen molar-refractivity contribution in [2.45, 2.75) is 5.41 Å². The van der Waals surface area contributed by atoms with Gasteiger partial charge >= 0.3 is 0 Å². The second kappa shape index (κ2) is 22.1. The molecule has 0 N–H and O–H groups in total. The molecule has 18 aromatic carbocycles. The molecule has 2 nitrogen and oxygen atoms in total. The van der Waals surface area contributed by atoms with Crippen molar-refractivity contribution in [3.63, 3.8) is 0 Å². The molecule has 462 valence electrons. The Morgan fingerprint density at radius 1 is 0.200 bits per heavy atom. The highest BCUT2D eigenvalue weighted by atomic mass is 15.2. The highest BCUT2D eigenvalue weighted by Crippen LogP contribution is 2.60. The fraction of sp³-hybridized carbons (Fsp3) is 0.0103. The summed E-state index contributed by atoms with van der Waals surface area (Å²) in [6.07, 6.45) is 0. The van der Waals surface area contributed by atoms with Crippen molar-refractivity contribution in [3.8, 4) is 55.6 Å². The van der Waals surface area contributed by atoms with E-state index in [0.717, 1.165) is 78.6 Å². The summed E-state index contributed by atoms with van der Waals surface area (Å²) < 4.78 is 0. The van der Waals surface area contributed by atoms with E-state index in [2.05, 4.69) is 380 Å². The second-order valence-corrected chi connectivity index (χ2v) is 27.2. The van der Waals surface area contributed by atoms with Crippen LogP contribution in [0.15, 0.2) is 370 Å². The monoisotopic (exact) mass is 1260 g/mol. The maximum Gasteiger partial charge on any atom is 0.252 e. The summed E-state index contributed by atoms with van der Waals surface area (Å²) in [4.78, 5) is 5.50. The largest absolute Gasteiger partial charge is 0.310 e. The molecule has 3 aliphatic rings. The normalized spacial score (nSPS) is 13.2. The van der Waals surface area contributed by atoms with Gasteiger partial charge in [-0.05, 0) is 161 Å². The number of benzene rings is 18. The fourth-order valence-corrected chi connectivity index (χ4v) is 18.2. The minimum atomic E-state index is -0.813. The summed E-state index contributed by atoms with van der Waals surface area (Å²) in [5.41, 5.74) is 26.2. The van der Waals surface area contributed by atoms with Gasteiger partial charge in [0.25, 0.3) is 6.71 Å². The van der Waals surface area contributed by atoms with E-state index in [1.165, 1.54) is 114 Å². The van der Waals surface area contributed by atoms with E-state index >= 15 is 0 Å². The van der Waals surface area contributed by atoms with Gasteiger partial charge in [-0.25, -0.2) is 0 Å². The van der Waals surface area contributed by atoms with Gasteiger partial charge in [-0.3, -0.25) is 0 Å². The van der Waals surface area contributed by atoms with E-state index in [1.807, 2.05) is 0 Å². The van der Waals surface area contributed by atoms with E-state index in [-0.39, 0.29) is 6.71 Å². The maximum atomic E-state index is 2.75. The molecule has 2 heterocycles. The first-order valence-corrected chi connectivity index (χ1v) is 34.9. The van der Waals surface area contributed by atoms with Gasteiger partial charge in [-0.15, -0.1) is 0 Å². The highest BCUT2D eigenvalue weighted by Gasteiger charge is 2.51. The van der Waals surface area contributed by atoms with Gasteiger partial charge in [0.2, 0.25) is 0 Å². The summed E-state index contributed by atoms with van der Waals surface area (Å²) in [7, 11) is 0. The van der Waals surface area contributed by atoms with Crippen LogP contribution in [-0.2, 0) is 5.41 Å². The lowest BCUT2D eigenvalue weighted by atomic mass is 9.33. The zero-order valence-electron chi connectivity index (χ0n) is 54.7. The summed E-state index contributed by atoms with van der Waals surface area (Å²) in [5.74, 6) is 0. The zero-order valence-corrected chi connectivity index (χ0v) is 54.7. The lowest BCUT2D eigenvalue weighted by molar-refractivity contribution is 0.768. The van der Waals surface area contributed by atoms with Crippen LogP contribution >= 0.6 is 0 Å². The zero-order chi connectivity index (χ0) is 65.6. The van der Waals surface area contributed by atoms with Crippen LogP contribution in [0.2, 0.25) is 0 Å². The summed E-state index contributed by atoms with van der Waals surface area (Å²) >= 11 is 0. The molecule has 3 heteroatoms. The minimum Gasteiger partial charge on any atom is -0.310 e. The number of hydrogen-bond donors (Lipinski definition) is 0. The van der Waals surface area contributed by atoms with E-state index in [0.29, 0.717) is 0 Å². The molecule has 0 aromatic heterocycles. The van der Waals surface area contributed by atoms with Gasteiger partial charge in [-0.2, -0.15) is 0 Å². The third-order valence-electron chi connectivity index (χ3n) is 22.2. The molecule has 0 radical (unpaired) electrons. The highest BCUT2D eigenvalue weighted by molar-refractivity contribution is 7.00. The molecule has 0 bridgehead atoms. The lowest BCUT2D eigenvalue weighted by Gasteiger charge is -2.47. The quantitative estimate of drug-likeness (QED) is 0.111. The van der Waals surface area contributed by atoms with Crippen LogP contribution in [0.25, 0.3) is 120 Å². The van der Waals surface area contributed by atoms with Crippen LogP contribution in [-0.4, -0.2) is 6.71 Å². The predicted molar refractivity (Wildman–Crippen MR) is 425 cm³/mol. The number of nitrogens with zero attached hydrogens (tertiary/aromatic N) is 2. The van der Waals surface area contributed by atoms with Crippen LogP contribution in [0, 0.1) is 0 Å². The Morgan fingerprint density at radius 2 is 0.470 bits per heavy atom. The Kier molecular flexibility index (Phi) is 12.5. The van der Waals surface area contributed by atoms with Crippen molar-refractivity contribution in [3.05, 3.63) is 392 Å². The van der Waals surface area contributed by atoms with E-state index in [9.17, 15) is 0 Å². The molecule has 0 unspecified atom stereocenters. The molecule has 0 amide bonds. The second-order valence-electron chi connectivity index (χ2n) is 27.2. The van der Waals surface area contributed by atoms with Gasteiger partial charge < -0.3 is 9.80 Å². The van der Waals surface area contributed by atoms with Crippen LogP contribution in [0.1, 0.15) is 22.3 Å². The topological polar surface area (TPSA) is 6.48 Å². The molecular weight excluding hydrogens is 1200 g/mol. The average Bonchev–Trinajstić information content (AvgIpc) is 1.11. The van der Waals surface area contributed by atoms with E-state index in [1.54, 1.807) is 0 Å². The Labute approximate surface area is 581 Å². The van der Waals surface area contributed by atoms with Crippen LogP contribution < -0.4 is 26.2 Å². The van der Waals surface area contributed by atoms with Gasteiger partial charge in [0.1, 0.15) is 0 Å². The number of fused-ring (bicyclic) bond motifs is 19. The molecule has 0 saturated carbocycles. The Balaban J connectivity index is 1.03. The van der Waals surface area contributed by atoms with Crippen molar-refractivity contribution in [1.82, 2.24) is 0 Å². The maximum absolute atomic E-state index is 2.75. The Morgan fingerprint density at radius 3 is 0.810 bits per heavy atom. The van der Waals surface area contributed by atoms with Crippen molar-refractivity contribution in [1.29, 1.82) is 0 Å². The van der Waals surface area contributed by atoms with Crippen LogP contribution in [0.5, 0.6) is 0 Å². The summed E-state index contributed by atoms with van der Waals surface area (Å²) in [5, 5.41) is 14.8. The SMILES string of the molecule is c1ccc(-c2cccc(-c3ccccc3)c2N2c3cc4c5ccccc5c5ccccc5c4cc3B3c4cc5c6ccccc6c6ccccc6c5cc4N(c4c(-c5ccccc5)cccc4-c4ccccc4)c4cc(C5(c6ccccc6)c6ccccc6-c6ccccc65)cc2c43)cc1. The smallest absolute Gasteiger partial charge is 0.252 e. The van der Waals surface area contributed by atoms with Gasteiger partial charge in [0.15, 0.2) is 0 Å². The first-order chi connectivity index (χ1) is 49.7. The summed E-state index contributed by atoms with van der Waals surface area (Å²) in [6, 6.07) is 141. The number of para-hydroxylation sites is 2. The van der Waals surface area contributed by atoms with Crippen LogP contribution in [0.3, 0.4) is 0 Å². The summed E-state index contributed by atoms with van der Waals surface area (Å²) in [6.45, 7) is -0.301. The fourth-order valence-electron chi connectivity index (χ4n) is 18.2. The number of anilines is 6. The standard InChI is InChI=1S/C97H61BN2/c1-6-30-62(31-7-1)68-50-28-51-69(63-32-8-2-9-33-63)95(68)99-90-60-84-78-46-22-18-42-74(78)72-40-16-20-44-76(72)82(84)58-88(90)98-89-59-83-77-45-21-17-41-73(77)75-43-19-23-47-79(75)85(83)61-91(89)100(96-70(64-34-10-3-11-35-64)52-29-53-71(96)65-36-12-4-13-37-65)93-57-67(56-92(99)94(93)98)97(66-38-14-5-15-39-66)86-54-26-24-48-80(86)81-49-25-27-55-87(81)97/h1-61H. The Hall–Kier alpha value is -12.8. The van der Waals surface area contributed by atoms with Crippen molar-refractivity contribution in [2.24, 2.45) is 0 Å². The first kappa shape index (κ1) is 56.4. The van der Waals surface area contributed by atoms with Crippen molar-refractivity contribution in [2.75, 3.05) is 9.80 Å². The van der Waals surface area contributed by atoms with E-state index in [4.69, 9.17) is 0 Å². The average molecular weight is 1270 g/mol. The minimum absolute atomic E-state index is 0.301. The van der Waals surface area contributed by atoms with E-state index < -0.39 is 5.41 Å². The lowest BCUT2D eigenvalue weighted by Crippen LogP contribution is -2.61. The molecule has 0 saturated heterocycles. The molecular formula is C97H61BN2. The molecule has 0 atom stereocenters. The van der Waals surface area contributed by atoms with Gasteiger partial charge in [0, 0.05) is 45.0 Å². The Bertz CT molecular complexity index is 5930. The molecule has 1 aliphatic carbocycles. The van der Waals surface area contributed by atoms with Gasteiger partial charge in [-0.1, -0.05) is 346 Å². The number of hydrogen-bond acceptors (Lipinski definition) is 2. The molecule has 0 spiro atoms. The molecule has 18 aromatic rings. The molecule has 100 heavy (non-hydrogen) atoms. The third kappa shape index (κ3) is 8.09. The molecule has 21 rings (SSSR count). The number of rotatable bonds is 8. The van der Waals surface area contributed by atoms with Crippen molar-refractivity contribution < 1.29 is 0 Å². The van der Waals surface area contributed by atoms with Gasteiger partial charge in [0.05, 0.1) is 16.8 Å². The molecule has 2 aliphatic heterocycles. The van der Waals surface area contributed by atoms with Crippen molar-refractivity contribution >= 4 is 122 Å². The third-order valence-corrected chi connectivity index (χ3v) is 22.2. The first-order valence-electron chi connectivity index (χ1n) is 34.9. The van der Waals surface area contributed by atoms with Crippen LogP contribution in [0.4, 0.5) is 34.1 Å². The molecule has 0 fully saturated rings.